The zero-order chi connectivity index (χ0) is 10.6. The van der Waals surface area contributed by atoms with Crippen molar-refractivity contribution in [1.29, 1.82) is 0 Å². The van der Waals surface area contributed by atoms with E-state index in [0.717, 1.165) is 0 Å². The molecule has 1 aromatic heterocycles. The van der Waals surface area contributed by atoms with E-state index in [9.17, 15) is 13.2 Å². The van der Waals surface area contributed by atoms with Gasteiger partial charge in [-0.3, -0.25) is 0 Å². The zero-order valence-electron chi connectivity index (χ0n) is 7.60. The highest BCUT2D eigenvalue weighted by atomic mass is 32.1. The second-order valence-electron chi connectivity index (χ2n) is 2.78. The van der Waals surface area contributed by atoms with Crippen LogP contribution in [0.1, 0.15) is 17.1 Å². The molecule has 0 aliphatic heterocycles. The highest BCUT2D eigenvalue weighted by Crippen LogP contribution is 2.23. The molecule has 1 rings (SSSR count). The van der Waals surface area contributed by atoms with Crippen LogP contribution in [-0.4, -0.2) is 18.3 Å². The number of aromatic nitrogens is 1. The van der Waals surface area contributed by atoms with Crippen molar-refractivity contribution in [1.82, 2.24) is 4.98 Å². The lowest BCUT2D eigenvalue weighted by Crippen LogP contribution is -2.08. The summed E-state index contributed by atoms with van der Waals surface area (Å²) in [6, 6.07) is 0. The first-order chi connectivity index (χ1) is 6.51. The molecular formula is C8H10F3NOS. The molecule has 0 aliphatic carbocycles. The number of halogens is 3. The number of aryl methyl sites for hydroxylation is 1. The van der Waals surface area contributed by atoms with E-state index >= 15 is 0 Å². The van der Waals surface area contributed by atoms with Crippen molar-refractivity contribution in [2.75, 3.05) is 7.11 Å². The van der Waals surface area contributed by atoms with E-state index in [1.807, 2.05) is 0 Å². The predicted octanol–water partition coefficient (Wildman–Crippen LogP) is 2.78. The average Bonchev–Trinajstić information content (AvgIpc) is 2.49. The highest BCUT2D eigenvalue weighted by molar-refractivity contribution is 7.09. The molecular weight excluding hydrogens is 215 g/mol. The number of alkyl halides is 3. The summed E-state index contributed by atoms with van der Waals surface area (Å²) < 4.78 is 40.4. The van der Waals surface area contributed by atoms with Gasteiger partial charge in [0.1, 0.15) is 0 Å². The second kappa shape index (κ2) is 4.75. The van der Waals surface area contributed by atoms with Gasteiger partial charge in [0.2, 0.25) is 0 Å². The van der Waals surface area contributed by atoms with Gasteiger partial charge in [-0.1, -0.05) is 0 Å². The van der Waals surface area contributed by atoms with E-state index in [2.05, 4.69) is 4.98 Å². The number of ether oxygens (including phenoxy) is 1. The van der Waals surface area contributed by atoms with Crippen molar-refractivity contribution < 1.29 is 17.9 Å². The summed E-state index contributed by atoms with van der Waals surface area (Å²) in [7, 11) is 1.52. The molecule has 0 spiro atoms. The molecule has 0 radical (unpaired) electrons. The Morgan fingerprint density at radius 1 is 1.50 bits per heavy atom. The number of hydrogen-bond acceptors (Lipinski definition) is 3. The fraction of sp³-hybridized carbons (Fsp3) is 0.625. The third-order valence-electron chi connectivity index (χ3n) is 1.51. The smallest absolute Gasteiger partial charge is 0.378 e. The molecule has 0 atom stereocenters. The number of nitrogens with zero attached hydrogens (tertiary/aromatic N) is 1. The van der Waals surface area contributed by atoms with Crippen molar-refractivity contribution >= 4 is 11.3 Å². The Hall–Kier alpha value is -0.620. The molecule has 1 aromatic rings. The van der Waals surface area contributed by atoms with Crippen LogP contribution in [0.5, 0.6) is 0 Å². The van der Waals surface area contributed by atoms with Gasteiger partial charge >= 0.3 is 6.18 Å². The van der Waals surface area contributed by atoms with Crippen molar-refractivity contribution in [3.63, 3.8) is 0 Å². The second-order valence-corrected chi connectivity index (χ2v) is 3.72. The first-order valence-corrected chi connectivity index (χ1v) is 4.88. The maximum absolute atomic E-state index is 11.8. The van der Waals surface area contributed by atoms with Crippen molar-refractivity contribution in [3.8, 4) is 0 Å². The first kappa shape index (κ1) is 11.5. The molecule has 0 saturated heterocycles. The Bertz CT molecular complexity index is 284. The summed E-state index contributed by atoms with van der Waals surface area (Å²) in [4.78, 5) is 4.00. The average molecular weight is 225 g/mol. The Kier molecular flexibility index (Phi) is 3.88. The molecule has 80 valence electrons. The van der Waals surface area contributed by atoms with Gasteiger partial charge in [0.05, 0.1) is 17.3 Å². The number of thiazole rings is 1. The largest absolute Gasteiger partial charge is 0.389 e. The molecule has 0 unspecified atom stereocenters. The van der Waals surface area contributed by atoms with Crippen LogP contribution in [0.3, 0.4) is 0 Å². The lowest BCUT2D eigenvalue weighted by molar-refractivity contribution is -0.134. The third kappa shape index (κ3) is 4.06. The first-order valence-electron chi connectivity index (χ1n) is 4.00. The topological polar surface area (TPSA) is 22.1 Å². The van der Waals surface area contributed by atoms with E-state index in [1.165, 1.54) is 18.4 Å². The lowest BCUT2D eigenvalue weighted by atomic mass is 10.3. The summed E-state index contributed by atoms with van der Waals surface area (Å²) in [5.74, 6) is 0. The van der Waals surface area contributed by atoms with Crippen molar-refractivity contribution in [3.05, 3.63) is 16.1 Å². The SMILES string of the molecule is COCc1csc(CCC(F)(F)F)n1. The highest BCUT2D eigenvalue weighted by Gasteiger charge is 2.27. The Labute approximate surface area is 83.7 Å². The molecule has 6 heteroatoms. The summed E-state index contributed by atoms with van der Waals surface area (Å²) in [5.41, 5.74) is 0.690. The van der Waals surface area contributed by atoms with Crippen LogP contribution >= 0.6 is 11.3 Å². The van der Waals surface area contributed by atoms with Crippen molar-refractivity contribution in [2.24, 2.45) is 0 Å². The van der Waals surface area contributed by atoms with Gasteiger partial charge in [-0.2, -0.15) is 13.2 Å². The molecule has 2 nitrogen and oxygen atoms in total. The Morgan fingerprint density at radius 3 is 2.79 bits per heavy atom. The predicted molar refractivity (Wildman–Crippen MR) is 47.2 cm³/mol. The molecule has 0 fully saturated rings. The number of methoxy groups -OCH3 is 1. The quantitative estimate of drug-likeness (QED) is 0.786. The molecule has 0 saturated carbocycles. The third-order valence-corrected chi connectivity index (χ3v) is 2.47. The van der Waals surface area contributed by atoms with Crippen LogP contribution in [-0.2, 0) is 17.8 Å². The molecule has 1 heterocycles. The van der Waals surface area contributed by atoms with Gasteiger partial charge in [-0.05, 0) is 0 Å². The van der Waals surface area contributed by atoms with E-state index in [4.69, 9.17) is 4.74 Å². The Morgan fingerprint density at radius 2 is 2.21 bits per heavy atom. The van der Waals surface area contributed by atoms with Crippen LogP contribution in [0.4, 0.5) is 13.2 Å². The van der Waals surface area contributed by atoms with Crippen LogP contribution in [0.15, 0.2) is 5.38 Å². The minimum atomic E-state index is -4.10. The van der Waals surface area contributed by atoms with Crippen LogP contribution in [0.25, 0.3) is 0 Å². The Balaban J connectivity index is 2.44. The molecule has 14 heavy (non-hydrogen) atoms. The minimum Gasteiger partial charge on any atom is -0.378 e. The van der Waals surface area contributed by atoms with E-state index in [0.29, 0.717) is 17.3 Å². The molecule has 0 bridgehead atoms. The zero-order valence-corrected chi connectivity index (χ0v) is 8.41. The summed E-state index contributed by atoms with van der Waals surface area (Å²) in [6.45, 7) is 0.350. The molecule has 0 amide bonds. The lowest BCUT2D eigenvalue weighted by Gasteiger charge is -2.02. The molecule has 0 aromatic carbocycles. The summed E-state index contributed by atoms with van der Waals surface area (Å²) in [5, 5.41) is 2.23. The summed E-state index contributed by atoms with van der Waals surface area (Å²) >= 11 is 1.24. The van der Waals surface area contributed by atoms with E-state index < -0.39 is 12.6 Å². The van der Waals surface area contributed by atoms with Crippen molar-refractivity contribution in [2.45, 2.75) is 25.6 Å². The summed E-state index contributed by atoms with van der Waals surface area (Å²) in [6.07, 6.45) is -4.96. The van der Waals surface area contributed by atoms with Crippen LogP contribution in [0, 0.1) is 0 Å². The van der Waals surface area contributed by atoms with Gasteiger partial charge in [-0.25, -0.2) is 4.98 Å². The fourth-order valence-corrected chi connectivity index (χ4v) is 1.71. The maximum atomic E-state index is 11.8. The number of hydrogen-bond donors (Lipinski definition) is 0. The molecule has 0 aliphatic rings. The maximum Gasteiger partial charge on any atom is 0.389 e. The number of rotatable bonds is 4. The van der Waals surface area contributed by atoms with Gasteiger partial charge in [0.15, 0.2) is 0 Å². The van der Waals surface area contributed by atoms with Gasteiger partial charge in [0, 0.05) is 25.3 Å². The van der Waals surface area contributed by atoms with Gasteiger partial charge in [-0.15, -0.1) is 11.3 Å². The normalized spacial score (nSPS) is 12.0. The molecule has 0 N–H and O–H groups in total. The standard InChI is InChI=1S/C8H10F3NOS/c1-13-4-6-5-14-7(12-6)2-3-8(9,10)11/h5H,2-4H2,1H3. The van der Waals surface area contributed by atoms with Gasteiger partial charge in [0.25, 0.3) is 0 Å². The fourth-order valence-electron chi connectivity index (χ4n) is 0.927. The minimum absolute atomic E-state index is 0.0438. The van der Waals surface area contributed by atoms with E-state index in [-0.39, 0.29) is 6.42 Å². The van der Waals surface area contributed by atoms with Crippen LogP contribution in [0.2, 0.25) is 0 Å². The van der Waals surface area contributed by atoms with Crippen LogP contribution < -0.4 is 0 Å². The van der Waals surface area contributed by atoms with Gasteiger partial charge < -0.3 is 4.74 Å². The van der Waals surface area contributed by atoms with E-state index in [1.54, 1.807) is 5.38 Å². The monoisotopic (exact) mass is 225 g/mol.